The van der Waals surface area contributed by atoms with Crippen molar-refractivity contribution < 1.29 is 18.3 Å². The summed E-state index contributed by atoms with van der Waals surface area (Å²) in [4.78, 5) is 12.0. The lowest BCUT2D eigenvalue weighted by molar-refractivity contribution is -0.0529. The van der Waals surface area contributed by atoms with Gasteiger partial charge in [-0.25, -0.2) is 13.6 Å². The van der Waals surface area contributed by atoms with Crippen molar-refractivity contribution in [1.29, 1.82) is 5.26 Å². The highest BCUT2D eigenvalue weighted by molar-refractivity contribution is 5.68. The standard InChI is InChI=1S/C18H21F2N5O2/c1-17(2,3)27-16(26)22-13-7-12(8-18(19,20)9-13)15-24-23-14-6-11(10-21)4-5-25(14)15/h4-6,12-13H,7-9H2,1-3H3,(H,22,26)/t12?,13-/m1/s1. The van der Waals surface area contributed by atoms with Crippen LogP contribution in [0.4, 0.5) is 13.6 Å². The van der Waals surface area contributed by atoms with Crippen LogP contribution in [0.3, 0.4) is 0 Å². The first-order valence-electron chi connectivity index (χ1n) is 8.68. The second-order valence-electron chi connectivity index (χ2n) is 7.85. The van der Waals surface area contributed by atoms with Crippen LogP contribution in [0.2, 0.25) is 0 Å². The van der Waals surface area contributed by atoms with Gasteiger partial charge >= 0.3 is 6.09 Å². The lowest BCUT2D eigenvalue weighted by atomic mass is 9.82. The number of nitriles is 1. The minimum atomic E-state index is -2.94. The maximum absolute atomic E-state index is 14.3. The Morgan fingerprint density at radius 3 is 2.81 bits per heavy atom. The minimum Gasteiger partial charge on any atom is -0.444 e. The number of alkyl halides is 2. The molecule has 2 atom stereocenters. The number of pyridine rings is 1. The van der Waals surface area contributed by atoms with Gasteiger partial charge in [0.2, 0.25) is 0 Å². The Balaban J connectivity index is 1.81. The summed E-state index contributed by atoms with van der Waals surface area (Å²) in [7, 11) is 0. The van der Waals surface area contributed by atoms with Gasteiger partial charge in [0, 0.05) is 37.1 Å². The van der Waals surface area contributed by atoms with Crippen molar-refractivity contribution in [2.75, 3.05) is 0 Å². The van der Waals surface area contributed by atoms with Gasteiger partial charge in [0.05, 0.1) is 11.6 Å². The number of hydrogen-bond acceptors (Lipinski definition) is 5. The molecule has 0 aliphatic heterocycles. The molecule has 27 heavy (non-hydrogen) atoms. The monoisotopic (exact) mass is 377 g/mol. The van der Waals surface area contributed by atoms with Crippen molar-refractivity contribution in [2.45, 2.75) is 63.5 Å². The van der Waals surface area contributed by atoms with E-state index in [-0.39, 0.29) is 6.42 Å². The average Bonchev–Trinajstić information content (AvgIpc) is 2.94. The maximum Gasteiger partial charge on any atom is 0.407 e. The third kappa shape index (κ3) is 4.51. The quantitative estimate of drug-likeness (QED) is 0.866. The van der Waals surface area contributed by atoms with E-state index < -0.39 is 36.0 Å². The largest absolute Gasteiger partial charge is 0.444 e. The van der Waals surface area contributed by atoms with E-state index in [9.17, 15) is 13.6 Å². The van der Waals surface area contributed by atoms with E-state index in [0.717, 1.165) is 0 Å². The summed E-state index contributed by atoms with van der Waals surface area (Å²) in [6, 6.07) is 4.40. The Hall–Kier alpha value is -2.76. The van der Waals surface area contributed by atoms with Gasteiger partial charge in [0.1, 0.15) is 11.4 Å². The van der Waals surface area contributed by atoms with E-state index in [1.165, 1.54) is 0 Å². The number of rotatable bonds is 2. The molecule has 1 saturated carbocycles. The van der Waals surface area contributed by atoms with Crippen LogP contribution in [0.25, 0.3) is 5.65 Å². The average molecular weight is 377 g/mol. The molecule has 0 spiro atoms. The van der Waals surface area contributed by atoms with Gasteiger partial charge in [0.25, 0.3) is 5.92 Å². The molecule has 9 heteroatoms. The number of alkyl carbamates (subject to hydrolysis) is 1. The highest BCUT2D eigenvalue weighted by Crippen LogP contribution is 2.41. The van der Waals surface area contributed by atoms with Gasteiger partial charge in [0.15, 0.2) is 5.65 Å². The lowest BCUT2D eigenvalue weighted by Gasteiger charge is -2.34. The number of nitrogens with one attached hydrogen (secondary N) is 1. The van der Waals surface area contributed by atoms with Gasteiger partial charge in [-0.1, -0.05) is 0 Å². The van der Waals surface area contributed by atoms with E-state index in [1.54, 1.807) is 43.5 Å². The highest BCUT2D eigenvalue weighted by atomic mass is 19.3. The lowest BCUT2D eigenvalue weighted by Crippen LogP contribution is -2.46. The fourth-order valence-electron chi connectivity index (χ4n) is 3.35. The molecule has 2 aromatic heterocycles. The number of carbonyl (C=O) groups is 1. The first-order chi connectivity index (χ1) is 12.6. The maximum atomic E-state index is 14.3. The summed E-state index contributed by atoms with van der Waals surface area (Å²) in [6.45, 7) is 5.13. The van der Waals surface area contributed by atoms with Crippen molar-refractivity contribution in [3.05, 3.63) is 29.7 Å². The molecule has 1 aliphatic rings. The molecule has 0 saturated heterocycles. The second kappa shape index (κ2) is 6.76. The predicted molar refractivity (Wildman–Crippen MR) is 92.4 cm³/mol. The topological polar surface area (TPSA) is 92.3 Å². The molecular formula is C18H21F2N5O2. The first kappa shape index (κ1) is 19.0. The molecule has 0 radical (unpaired) electrons. The van der Waals surface area contributed by atoms with E-state index in [4.69, 9.17) is 10.00 Å². The molecule has 1 amide bonds. The summed E-state index contributed by atoms with van der Waals surface area (Å²) in [6.07, 6.45) is 0.369. The summed E-state index contributed by atoms with van der Waals surface area (Å²) >= 11 is 0. The number of hydrogen-bond donors (Lipinski definition) is 1. The van der Waals surface area contributed by atoms with Gasteiger partial charge < -0.3 is 10.1 Å². The molecule has 3 rings (SSSR count). The van der Waals surface area contributed by atoms with E-state index in [2.05, 4.69) is 15.5 Å². The molecule has 0 bridgehead atoms. The number of halogens is 2. The Labute approximate surface area is 155 Å². The van der Waals surface area contributed by atoms with Gasteiger partial charge in [-0.2, -0.15) is 5.26 Å². The fourth-order valence-corrected chi connectivity index (χ4v) is 3.35. The van der Waals surface area contributed by atoms with Crippen LogP contribution < -0.4 is 5.32 Å². The number of aromatic nitrogens is 3. The summed E-state index contributed by atoms with van der Waals surface area (Å²) in [5, 5.41) is 19.6. The Bertz CT molecular complexity index is 897. The number of nitrogens with zero attached hydrogens (tertiary/aromatic N) is 4. The Morgan fingerprint density at radius 1 is 1.41 bits per heavy atom. The molecule has 144 valence electrons. The molecule has 7 nitrogen and oxygen atoms in total. The zero-order chi connectivity index (χ0) is 19.8. The second-order valence-corrected chi connectivity index (χ2v) is 7.85. The third-order valence-electron chi connectivity index (χ3n) is 4.31. The molecule has 1 N–H and O–H groups in total. The molecule has 1 aliphatic carbocycles. The van der Waals surface area contributed by atoms with Crippen LogP contribution in [0.5, 0.6) is 0 Å². The van der Waals surface area contributed by atoms with E-state index in [0.29, 0.717) is 23.5 Å². The van der Waals surface area contributed by atoms with Gasteiger partial charge in [-0.15, -0.1) is 10.2 Å². The minimum absolute atomic E-state index is 0.301. The van der Waals surface area contributed by atoms with E-state index >= 15 is 0 Å². The van der Waals surface area contributed by atoms with Crippen LogP contribution in [0, 0.1) is 11.3 Å². The van der Waals surface area contributed by atoms with Crippen molar-refractivity contribution in [3.8, 4) is 6.07 Å². The highest BCUT2D eigenvalue weighted by Gasteiger charge is 2.44. The Morgan fingerprint density at radius 2 is 2.15 bits per heavy atom. The van der Waals surface area contributed by atoms with E-state index in [1.807, 2.05) is 6.07 Å². The molecule has 2 aromatic rings. The van der Waals surface area contributed by atoms with Crippen LogP contribution in [0.1, 0.15) is 57.3 Å². The van der Waals surface area contributed by atoms with Crippen LogP contribution in [0.15, 0.2) is 18.3 Å². The molecule has 1 fully saturated rings. The van der Waals surface area contributed by atoms with Crippen molar-refractivity contribution >= 4 is 11.7 Å². The zero-order valence-corrected chi connectivity index (χ0v) is 15.4. The van der Waals surface area contributed by atoms with Crippen molar-refractivity contribution in [3.63, 3.8) is 0 Å². The number of fused-ring (bicyclic) bond motifs is 1. The predicted octanol–water partition coefficient (Wildman–Crippen LogP) is 3.40. The summed E-state index contributed by atoms with van der Waals surface area (Å²) in [5.74, 6) is -3.14. The van der Waals surface area contributed by atoms with Crippen molar-refractivity contribution in [1.82, 2.24) is 19.9 Å². The van der Waals surface area contributed by atoms with Crippen LogP contribution in [-0.2, 0) is 4.74 Å². The molecular weight excluding hydrogens is 356 g/mol. The molecule has 0 aromatic carbocycles. The number of ether oxygens (including phenoxy) is 1. The normalized spacial score (nSPS) is 22.2. The molecule has 1 unspecified atom stereocenters. The third-order valence-corrected chi connectivity index (χ3v) is 4.31. The first-order valence-corrected chi connectivity index (χ1v) is 8.68. The van der Waals surface area contributed by atoms with Crippen LogP contribution >= 0.6 is 0 Å². The number of amides is 1. The van der Waals surface area contributed by atoms with Gasteiger partial charge in [-0.3, -0.25) is 4.40 Å². The summed E-state index contributed by atoms with van der Waals surface area (Å²) < 4.78 is 35.4. The molecule has 2 heterocycles. The van der Waals surface area contributed by atoms with Gasteiger partial charge in [-0.05, 0) is 33.3 Å². The fraction of sp³-hybridized carbons (Fsp3) is 0.556. The summed E-state index contributed by atoms with van der Waals surface area (Å²) in [5.41, 5.74) is 0.136. The Kier molecular flexibility index (Phi) is 4.76. The number of carbonyl (C=O) groups excluding carboxylic acids is 1. The van der Waals surface area contributed by atoms with Crippen molar-refractivity contribution in [2.24, 2.45) is 0 Å². The smallest absolute Gasteiger partial charge is 0.407 e. The van der Waals surface area contributed by atoms with Crippen LogP contribution in [-0.4, -0.2) is 38.3 Å². The SMILES string of the molecule is CC(C)(C)OC(=O)N[C@@H]1CC(c2nnc3cc(C#N)ccn23)CC(F)(F)C1. The zero-order valence-electron chi connectivity index (χ0n) is 15.4.